The summed E-state index contributed by atoms with van der Waals surface area (Å²) in [7, 11) is 0. The molecular formula is C61H41NO3. The van der Waals surface area contributed by atoms with E-state index in [1.807, 2.05) is 24.3 Å². The number of furan rings is 1. The molecule has 0 N–H and O–H groups in total. The van der Waals surface area contributed by atoms with E-state index in [1.54, 1.807) is 0 Å². The molecule has 65 heavy (non-hydrogen) atoms. The summed E-state index contributed by atoms with van der Waals surface area (Å²) in [6.45, 7) is 4.26. The summed E-state index contributed by atoms with van der Waals surface area (Å²) in [5.74, 6) is 1.54. The topological polar surface area (TPSA) is 34.8 Å². The largest absolute Gasteiger partial charge is 0.478 e. The fourth-order valence-electron chi connectivity index (χ4n) is 10.8. The summed E-state index contributed by atoms with van der Waals surface area (Å²) in [5.41, 5.74) is 17.7. The maximum atomic E-state index is 6.92. The van der Waals surface area contributed by atoms with Crippen molar-refractivity contribution in [1.82, 2.24) is 0 Å². The Labute approximate surface area is 377 Å². The Kier molecular flexibility index (Phi) is 8.37. The molecule has 1 spiro atoms. The second kappa shape index (κ2) is 14.6. The predicted octanol–water partition coefficient (Wildman–Crippen LogP) is 15.1. The minimum Gasteiger partial charge on any atom is -0.478 e. The van der Waals surface area contributed by atoms with Crippen LogP contribution in [0.25, 0.3) is 55.3 Å². The van der Waals surface area contributed by atoms with Gasteiger partial charge in [-0.05, 0) is 140 Å². The highest BCUT2D eigenvalue weighted by Crippen LogP contribution is 2.64. The second-order valence-electron chi connectivity index (χ2n) is 17.1. The molecule has 4 nitrogen and oxygen atoms in total. The van der Waals surface area contributed by atoms with Crippen LogP contribution >= 0.6 is 0 Å². The number of para-hydroxylation sites is 2. The van der Waals surface area contributed by atoms with Gasteiger partial charge in [-0.1, -0.05) is 152 Å². The van der Waals surface area contributed by atoms with Gasteiger partial charge in [-0.2, -0.15) is 0 Å². The highest BCUT2D eigenvalue weighted by atomic mass is 16.6. The summed E-state index contributed by atoms with van der Waals surface area (Å²) in [4.78, 5) is 2.23. The van der Waals surface area contributed by atoms with Crippen LogP contribution in [0, 0.1) is 0 Å². The first-order valence-corrected chi connectivity index (χ1v) is 22.2. The van der Waals surface area contributed by atoms with Crippen molar-refractivity contribution in [1.29, 1.82) is 0 Å². The van der Waals surface area contributed by atoms with Gasteiger partial charge in [0.15, 0.2) is 23.7 Å². The smallest absolute Gasteiger partial charge is 0.162 e. The summed E-state index contributed by atoms with van der Waals surface area (Å²) in [6, 6.07) is 64.8. The molecule has 1 aromatic heterocycles. The van der Waals surface area contributed by atoms with Crippen LogP contribution < -0.4 is 14.4 Å². The summed E-state index contributed by atoms with van der Waals surface area (Å²) in [5, 5.41) is 2.26. The Hall–Kier alpha value is -8.34. The molecule has 4 aliphatic rings. The number of nitrogens with zero attached hydrogens (tertiary/aromatic N) is 1. The van der Waals surface area contributed by atoms with Gasteiger partial charge in [-0.25, -0.2) is 0 Å². The van der Waals surface area contributed by atoms with E-state index < -0.39 is 5.41 Å². The van der Waals surface area contributed by atoms with Gasteiger partial charge in [0.2, 0.25) is 0 Å². The van der Waals surface area contributed by atoms with E-state index in [-0.39, 0.29) is 12.2 Å². The van der Waals surface area contributed by atoms with Crippen LogP contribution in [0.3, 0.4) is 0 Å². The van der Waals surface area contributed by atoms with Crippen LogP contribution in [0.5, 0.6) is 11.5 Å². The Morgan fingerprint density at radius 3 is 1.86 bits per heavy atom. The quantitative estimate of drug-likeness (QED) is 0.150. The van der Waals surface area contributed by atoms with Crippen molar-refractivity contribution in [3.63, 3.8) is 0 Å². The number of allylic oxidation sites excluding steroid dienone is 6. The molecule has 4 heteroatoms. The number of hydrogen-bond donors (Lipinski definition) is 0. The Morgan fingerprint density at radius 2 is 1.12 bits per heavy atom. The summed E-state index contributed by atoms with van der Waals surface area (Å²) < 4.78 is 19.9. The van der Waals surface area contributed by atoms with Crippen molar-refractivity contribution in [2.24, 2.45) is 0 Å². The van der Waals surface area contributed by atoms with Gasteiger partial charge < -0.3 is 18.8 Å². The number of ether oxygens (including phenoxy) is 2. The van der Waals surface area contributed by atoms with Gasteiger partial charge in [0, 0.05) is 27.8 Å². The third-order valence-corrected chi connectivity index (χ3v) is 13.6. The zero-order valence-electron chi connectivity index (χ0n) is 35.4. The zero-order chi connectivity index (χ0) is 43.1. The Morgan fingerprint density at radius 1 is 0.523 bits per heavy atom. The monoisotopic (exact) mass is 835 g/mol. The average molecular weight is 836 g/mol. The predicted molar refractivity (Wildman–Crippen MR) is 264 cm³/mol. The standard InChI is InChI=1S/C61H41NO3/c1-2-42(62(43-16-4-3-5-17-43)44-31-28-40(29-32-44)41-30-33-49-48-22-9-13-26-55(48)63-57(49)36-41)18-14-15-39-27-34-56-58(35-39)65-60-38-54-50(37-59(60)64-56)47-21-8-12-25-53(47)61(54)51-23-10-6-19-45(51)46-20-7-11-24-52(46)61/h2-38,56,58H,1H2/b15-14+,42-18+. The van der Waals surface area contributed by atoms with Crippen LogP contribution in [0.15, 0.2) is 247 Å². The molecule has 13 rings (SSSR count). The zero-order valence-corrected chi connectivity index (χ0v) is 35.4. The number of fused-ring (bicyclic) bond motifs is 15. The lowest BCUT2D eigenvalue weighted by Gasteiger charge is -2.35. The van der Waals surface area contributed by atoms with Crippen molar-refractivity contribution >= 4 is 33.3 Å². The third kappa shape index (κ3) is 5.70. The van der Waals surface area contributed by atoms with Crippen LogP contribution in [0.1, 0.15) is 22.3 Å². The minimum absolute atomic E-state index is 0.243. The van der Waals surface area contributed by atoms with Gasteiger partial charge in [0.05, 0.1) is 5.41 Å². The first-order chi connectivity index (χ1) is 32.2. The van der Waals surface area contributed by atoms with Crippen molar-refractivity contribution in [3.8, 4) is 44.9 Å². The lowest BCUT2D eigenvalue weighted by Crippen LogP contribution is -2.38. The normalized spacial score (nSPS) is 17.1. The number of anilines is 2. The lowest BCUT2D eigenvalue weighted by atomic mass is 9.70. The van der Waals surface area contributed by atoms with Gasteiger partial charge in [0.25, 0.3) is 0 Å². The number of rotatable bonds is 7. The molecule has 2 heterocycles. The molecule has 0 radical (unpaired) electrons. The van der Waals surface area contributed by atoms with Crippen LogP contribution in [-0.2, 0) is 5.41 Å². The molecule has 1 aliphatic heterocycles. The molecule has 0 saturated heterocycles. The molecular weight excluding hydrogens is 795 g/mol. The fraction of sp³-hybridized carbons (Fsp3) is 0.0492. The molecule has 0 saturated carbocycles. The SMILES string of the molecule is C=C/C(=C\C=C\C1=CC2Oc3cc4c(cc3OC2C=C1)-c1ccccc1C41c2ccccc2-c2ccccc21)N(c1ccccc1)c1ccc(-c2ccc3c(c2)oc2ccccc23)cc1. The van der Waals surface area contributed by atoms with Crippen molar-refractivity contribution in [2.45, 2.75) is 17.6 Å². The molecule has 0 amide bonds. The molecule has 2 unspecified atom stereocenters. The van der Waals surface area contributed by atoms with Crippen molar-refractivity contribution < 1.29 is 13.9 Å². The highest BCUT2D eigenvalue weighted by Gasteiger charge is 2.52. The molecule has 2 atom stereocenters. The van der Waals surface area contributed by atoms with Crippen LogP contribution in [-0.4, -0.2) is 12.2 Å². The maximum Gasteiger partial charge on any atom is 0.162 e. The first-order valence-electron chi connectivity index (χ1n) is 22.2. The second-order valence-corrected chi connectivity index (χ2v) is 17.1. The fourth-order valence-corrected chi connectivity index (χ4v) is 10.8. The molecule has 3 aliphatic carbocycles. The molecule has 9 aromatic rings. The molecule has 0 bridgehead atoms. The first kappa shape index (κ1) is 37.2. The van der Waals surface area contributed by atoms with Gasteiger partial charge >= 0.3 is 0 Å². The van der Waals surface area contributed by atoms with Crippen molar-refractivity contribution in [3.05, 3.63) is 265 Å². The lowest BCUT2D eigenvalue weighted by molar-refractivity contribution is 0.0751. The van der Waals surface area contributed by atoms with E-state index in [9.17, 15) is 0 Å². The summed E-state index contributed by atoms with van der Waals surface area (Å²) >= 11 is 0. The highest BCUT2D eigenvalue weighted by molar-refractivity contribution is 6.06. The molecule has 0 fully saturated rings. The number of hydrogen-bond acceptors (Lipinski definition) is 4. The van der Waals surface area contributed by atoms with E-state index >= 15 is 0 Å². The number of benzene rings is 8. The van der Waals surface area contributed by atoms with Crippen LogP contribution in [0.4, 0.5) is 11.4 Å². The third-order valence-electron chi connectivity index (χ3n) is 13.6. The van der Waals surface area contributed by atoms with E-state index in [1.165, 1.54) is 44.5 Å². The van der Waals surface area contributed by atoms with E-state index in [4.69, 9.17) is 13.9 Å². The van der Waals surface area contributed by atoms with E-state index in [0.717, 1.165) is 67.2 Å². The molecule has 308 valence electrons. The van der Waals surface area contributed by atoms with Gasteiger partial charge in [-0.15, -0.1) is 0 Å². The van der Waals surface area contributed by atoms with E-state index in [0.29, 0.717) is 0 Å². The average Bonchev–Trinajstić information content (AvgIpc) is 3.98. The van der Waals surface area contributed by atoms with E-state index in [2.05, 4.69) is 212 Å². The van der Waals surface area contributed by atoms with Gasteiger partial charge in [0.1, 0.15) is 11.2 Å². The maximum absolute atomic E-state index is 6.92. The Bertz CT molecular complexity index is 3490. The Balaban J connectivity index is 0.802. The van der Waals surface area contributed by atoms with Crippen molar-refractivity contribution in [2.75, 3.05) is 4.90 Å². The summed E-state index contributed by atoms with van der Waals surface area (Å²) in [6.07, 6.45) is 14.1. The van der Waals surface area contributed by atoms with Gasteiger partial charge in [-0.3, -0.25) is 0 Å². The van der Waals surface area contributed by atoms with Crippen LogP contribution in [0.2, 0.25) is 0 Å². The molecule has 8 aromatic carbocycles. The minimum atomic E-state index is -0.444.